The van der Waals surface area contributed by atoms with Gasteiger partial charge in [0.1, 0.15) is 17.1 Å². The molecule has 2 heterocycles. The first-order valence-corrected chi connectivity index (χ1v) is 10.3. The second-order valence-electron chi connectivity index (χ2n) is 10.3. The van der Waals surface area contributed by atoms with Crippen LogP contribution in [0.15, 0.2) is 42.5 Å². The van der Waals surface area contributed by atoms with Gasteiger partial charge in [-0.2, -0.15) is 0 Å². The number of hydrogen-bond acceptors (Lipinski definition) is 4. The number of fused-ring (bicyclic) bond motifs is 1. The van der Waals surface area contributed by atoms with Gasteiger partial charge >= 0.3 is 7.12 Å². The molecule has 1 unspecified atom stereocenters. The maximum atomic E-state index is 9.76. The van der Waals surface area contributed by atoms with Crippen molar-refractivity contribution in [2.45, 2.75) is 77.1 Å². The molecule has 0 saturated carbocycles. The van der Waals surface area contributed by atoms with Gasteiger partial charge in [-0.1, -0.05) is 31.2 Å². The summed E-state index contributed by atoms with van der Waals surface area (Å²) in [5.41, 5.74) is 1.94. The van der Waals surface area contributed by atoms with Gasteiger partial charge in [-0.15, -0.1) is 0 Å². The fourth-order valence-electron chi connectivity index (χ4n) is 4.56. The molecule has 154 valence electrons. The summed E-state index contributed by atoms with van der Waals surface area (Å²) in [6.07, 6.45) is 0.824. The first kappa shape index (κ1) is 20.3. The van der Waals surface area contributed by atoms with Gasteiger partial charge in [0, 0.05) is 17.4 Å². The van der Waals surface area contributed by atoms with E-state index in [0.717, 1.165) is 28.8 Å². The van der Waals surface area contributed by atoms with Gasteiger partial charge in [-0.05, 0) is 70.8 Å². The molecule has 0 radical (unpaired) electrons. The van der Waals surface area contributed by atoms with Crippen molar-refractivity contribution in [3.8, 4) is 11.5 Å². The average molecular weight is 394 g/mol. The van der Waals surface area contributed by atoms with Crippen molar-refractivity contribution >= 4 is 12.6 Å². The highest BCUT2D eigenvalue weighted by molar-refractivity contribution is 6.62. The molecule has 0 aliphatic carbocycles. The van der Waals surface area contributed by atoms with Crippen LogP contribution in [0.1, 0.15) is 66.0 Å². The van der Waals surface area contributed by atoms with Crippen molar-refractivity contribution in [3.63, 3.8) is 0 Å². The predicted molar refractivity (Wildman–Crippen MR) is 116 cm³/mol. The van der Waals surface area contributed by atoms with Crippen LogP contribution >= 0.6 is 0 Å². The summed E-state index contributed by atoms with van der Waals surface area (Å²) in [6.45, 7) is 14.8. The van der Waals surface area contributed by atoms with E-state index in [9.17, 15) is 5.11 Å². The third-order valence-electron chi connectivity index (χ3n) is 6.79. The van der Waals surface area contributed by atoms with E-state index >= 15 is 0 Å². The topological polar surface area (TPSA) is 47.9 Å². The third kappa shape index (κ3) is 3.34. The molecular weight excluding hydrogens is 363 g/mol. The summed E-state index contributed by atoms with van der Waals surface area (Å²) < 4.78 is 18.9. The molecule has 2 aliphatic rings. The van der Waals surface area contributed by atoms with E-state index in [1.54, 1.807) is 12.1 Å². The highest BCUT2D eigenvalue weighted by Gasteiger charge is 2.52. The van der Waals surface area contributed by atoms with Crippen LogP contribution in [0.4, 0.5) is 0 Å². The summed E-state index contributed by atoms with van der Waals surface area (Å²) in [6, 6.07) is 13.8. The van der Waals surface area contributed by atoms with Gasteiger partial charge in [0.15, 0.2) is 0 Å². The molecule has 29 heavy (non-hydrogen) atoms. The number of phenols is 1. The fourth-order valence-corrected chi connectivity index (χ4v) is 4.56. The van der Waals surface area contributed by atoms with Crippen molar-refractivity contribution in [2.75, 3.05) is 0 Å². The van der Waals surface area contributed by atoms with Crippen LogP contribution in [0, 0.1) is 0 Å². The molecule has 1 saturated heterocycles. The summed E-state index contributed by atoms with van der Waals surface area (Å²) in [5, 5.41) is 9.76. The van der Waals surface area contributed by atoms with E-state index in [4.69, 9.17) is 14.0 Å². The Morgan fingerprint density at radius 1 is 0.828 bits per heavy atom. The fraction of sp³-hybridized carbons (Fsp3) is 0.500. The lowest BCUT2D eigenvalue weighted by Crippen LogP contribution is -2.45. The van der Waals surface area contributed by atoms with Gasteiger partial charge in [0.2, 0.25) is 0 Å². The maximum Gasteiger partial charge on any atom is 0.494 e. The van der Waals surface area contributed by atoms with E-state index in [2.05, 4.69) is 54.5 Å². The zero-order valence-corrected chi connectivity index (χ0v) is 18.5. The monoisotopic (exact) mass is 394 g/mol. The highest BCUT2D eigenvalue weighted by atomic mass is 16.7. The zero-order valence-electron chi connectivity index (χ0n) is 18.5. The molecule has 1 atom stereocenters. The molecule has 5 heteroatoms. The van der Waals surface area contributed by atoms with Crippen molar-refractivity contribution in [2.24, 2.45) is 0 Å². The lowest BCUT2D eigenvalue weighted by atomic mass is 9.66. The molecule has 4 rings (SSSR count). The Balaban J connectivity index is 1.80. The standard InChI is InChI=1S/C24H31BO4/c1-21(2)15-24(7,16-8-11-18(26)12-9-16)19-14-17(10-13-20(19)27-21)25-28-22(3,4)23(5,6)29-25/h8-14,26H,15H2,1-7H3. The molecule has 1 N–H and O–H groups in total. The number of phenolic OH excluding ortho intramolecular Hbond substituents is 1. The van der Waals surface area contributed by atoms with Crippen LogP contribution in [-0.2, 0) is 14.7 Å². The van der Waals surface area contributed by atoms with Gasteiger partial charge in [-0.25, -0.2) is 0 Å². The van der Waals surface area contributed by atoms with Crippen LogP contribution in [0.2, 0.25) is 0 Å². The van der Waals surface area contributed by atoms with Gasteiger partial charge in [0.25, 0.3) is 0 Å². The molecule has 0 bridgehead atoms. The highest BCUT2D eigenvalue weighted by Crippen LogP contribution is 2.48. The lowest BCUT2D eigenvalue weighted by molar-refractivity contribution is 0.00578. The zero-order chi connectivity index (χ0) is 21.2. The van der Waals surface area contributed by atoms with Crippen molar-refractivity contribution in [3.05, 3.63) is 53.6 Å². The largest absolute Gasteiger partial charge is 0.508 e. The second kappa shape index (κ2) is 6.26. The minimum Gasteiger partial charge on any atom is -0.508 e. The molecule has 1 fully saturated rings. The minimum absolute atomic E-state index is 0.259. The maximum absolute atomic E-state index is 9.76. The van der Waals surface area contributed by atoms with Crippen LogP contribution in [0.5, 0.6) is 11.5 Å². The van der Waals surface area contributed by atoms with E-state index in [-0.39, 0.29) is 28.0 Å². The molecule has 0 amide bonds. The van der Waals surface area contributed by atoms with Gasteiger partial charge in [0.05, 0.1) is 11.2 Å². The molecule has 0 aromatic heterocycles. The van der Waals surface area contributed by atoms with E-state index in [0.29, 0.717) is 0 Å². The van der Waals surface area contributed by atoms with Crippen molar-refractivity contribution in [1.29, 1.82) is 0 Å². The van der Waals surface area contributed by atoms with E-state index in [1.807, 2.05) is 24.3 Å². The van der Waals surface area contributed by atoms with Crippen LogP contribution in [0.3, 0.4) is 0 Å². The van der Waals surface area contributed by atoms with Crippen LogP contribution < -0.4 is 10.2 Å². The average Bonchev–Trinajstić information content (AvgIpc) is 2.82. The normalized spacial score (nSPS) is 26.7. The van der Waals surface area contributed by atoms with E-state index < -0.39 is 7.12 Å². The lowest BCUT2D eigenvalue weighted by Gasteiger charge is -2.45. The summed E-state index contributed by atoms with van der Waals surface area (Å²) in [7, 11) is -0.413. The minimum atomic E-state index is -0.413. The number of aromatic hydroxyl groups is 1. The Bertz CT molecular complexity index is 916. The van der Waals surface area contributed by atoms with Crippen LogP contribution in [-0.4, -0.2) is 29.0 Å². The van der Waals surface area contributed by atoms with Crippen molar-refractivity contribution in [1.82, 2.24) is 0 Å². The number of benzene rings is 2. The third-order valence-corrected chi connectivity index (χ3v) is 6.79. The first-order valence-electron chi connectivity index (χ1n) is 10.3. The van der Waals surface area contributed by atoms with Crippen LogP contribution in [0.25, 0.3) is 0 Å². The van der Waals surface area contributed by atoms with E-state index in [1.165, 1.54) is 0 Å². The first-order chi connectivity index (χ1) is 13.3. The van der Waals surface area contributed by atoms with Crippen molar-refractivity contribution < 1.29 is 19.2 Å². The Hall–Kier alpha value is -1.98. The summed E-state index contributed by atoms with van der Waals surface area (Å²) in [5.74, 6) is 1.16. The molecule has 2 aromatic rings. The SMILES string of the molecule is CC1(C)CC(C)(c2ccc(O)cc2)c2cc(B3OC(C)(C)C(C)(C)O3)ccc2O1. The Morgan fingerprint density at radius 2 is 1.41 bits per heavy atom. The summed E-state index contributed by atoms with van der Waals surface area (Å²) in [4.78, 5) is 0. The predicted octanol–water partition coefficient (Wildman–Crippen LogP) is 4.56. The smallest absolute Gasteiger partial charge is 0.494 e. The van der Waals surface area contributed by atoms with Gasteiger partial charge < -0.3 is 19.2 Å². The number of rotatable bonds is 2. The molecule has 2 aromatic carbocycles. The molecular formula is C24H31BO4. The Labute approximate surface area is 174 Å². The van der Waals surface area contributed by atoms with Gasteiger partial charge in [-0.3, -0.25) is 0 Å². The number of hydrogen-bond donors (Lipinski definition) is 1. The quantitative estimate of drug-likeness (QED) is 0.759. The summed E-state index contributed by atoms with van der Waals surface area (Å²) >= 11 is 0. The Morgan fingerprint density at radius 3 is 2.00 bits per heavy atom. The number of ether oxygens (including phenoxy) is 1. The molecule has 0 spiro atoms. The molecule has 4 nitrogen and oxygen atoms in total. The Kier molecular flexibility index (Phi) is 4.38. The molecule has 2 aliphatic heterocycles. The second-order valence-corrected chi connectivity index (χ2v) is 10.3.